The van der Waals surface area contributed by atoms with Crippen molar-refractivity contribution in [2.75, 3.05) is 5.32 Å². The Morgan fingerprint density at radius 2 is 1.67 bits per heavy atom. The van der Waals surface area contributed by atoms with Crippen molar-refractivity contribution in [1.29, 1.82) is 0 Å². The molecule has 1 aliphatic rings. The minimum absolute atomic E-state index is 0.107. The lowest BCUT2D eigenvalue weighted by Gasteiger charge is -2.29. The maximum absolute atomic E-state index is 14.4. The van der Waals surface area contributed by atoms with Crippen LogP contribution < -0.4 is 10.0 Å². The summed E-state index contributed by atoms with van der Waals surface area (Å²) >= 11 is 0. The normalized spacial score (nSPS) is 19.5. The Morgan fingerprint density at radius 3 is 2.30 bits per heavy atom. The first-order chi connectivity index (χ1) is 14.1. The molecule has 5 nitrogen and oxygen atoms in total. The fourth-order valence-electron chi connectivity index (χ4n) is 4.16. The molecule has 1 aliphatic carbocycles. The van der Waals surface area contributed by atoms with E-state index in [1.54, 1.807) is 0 Å². The molecule has 2 aromatic rings. The van der Waals surface area contributed by atoms with Crippen molar-refractivity contribution in [1.82, 2.24) is 4.72 Å². The van der Waals surface area contributed by atoms with Gasteiger partial charge in [-0.25, -0.2) is 17.5 Å². The van der Waals surface area contributed by atoms with Crippen LogP contribution in [0, 0.1) is 32.5 Å². The lowest BCUT2D eigenvalue weighted by atomic mass is 9.87. The van der Waals surface area contributed by atoms with Crippen molar-refractivity contribution >= 4 is 21.6 Å². The lowest BCUT2D eigenvalue weighted by molar-refractivity contribution is 0.102. The van der Waals surface area contributed by atoms with E-state index in [2.05, 4.69) is 10.0 Å². The number of halogens is 1. The molecular formula is C23H29FN2O3S. The zero-order valence-electron chi connectivity index (χ0n) is 17.9. The molecule has 2 atom stereocenters. The summed E-state index contributed by atoms with van der Waals surface area (Å²) in [5.41, 5.74) is 3.09. The van der Waals surface area contributed by atoms with Gasteiger partial charge in [0, 0.05) is 11.7 Å². The number of rotatable bonds is 5. The highest BCUT2D eigenvalue weighted by Gasteiger charge is 2.28. The zero-order valence-corrected chi connectivity index (χ0v) is 18.7. The van der Waals surface area contributed by atoms with Crippen molar-refractivity contribution in [2.24, 2.45) is 5.92 Å². The minimum Gasteiger partial charge on any atom is -0.321 e. The second-order valence-corrected chi connectivity index (χ2v) is 10.1. The SMILES string of the molecule is Cc1cc(C)c(NC(=O)c2cc(S(=O)(=O)N[C@@H]3CCCC[C@@H]3C)ccc2F)c(C)c1. The minimum atomic E-state index is -3.86. The quantitative estimate of drug-likeness (QED) is 0.708. The van der Waals surface area contributed by atoms with Crippen molar-refractivity contribution < 1.29 is 17.6 Å². The van der Waals surface area contributed by atoms with Crippen molar-refractivity contribution in [3.8, 4) is 0 Å². The Labute approximate surface area is 178 Å². The van der Waals surface area contributed by atoms with Crippen molar-refractivity contribution in [2.45, 2.75) is 64.3 Å². The summed E-state index contributed by atoms with van der Waals surface area (Å²) in [6.45, 7) is 7.71. The lowest BCUT2D eigenvalue weighted by Crippen LogP contribution is -2.41. The van der Waals surface area contributed by atoms with Gasteiger partial charge in [0.25, 0.3) is 5.91 Å². The average molecular weight is 433 g/mol. The average Bonchev–Trinajstić information content (AvgIpc) is 2.66. The van der Waals surface area contributed by atoms with Gasteiger partial charge in [-0.15, -0.1) is 0 Å². The van der Waals surface area contributed by atoms with Gasteiger partial charge >= 0.3 is 0 Å². The van der Waals surface area contributed by atoms with Crippen LogP contribution in [0.15, 0.2) is 35.2 Å². The number of aryl methyl sites for hydroxylation is 3. The monoisotopic (exact) mass is 432 g/mol. The van der Waals surface area contributed by atoms with E-state index < -0.39 is 21.7 Å². The van der Waals surface area contributed by atoms with Crippen molar-refractivity contribution in [3.63, 3.8) is 0 Å². The molecule has 1 amide bonds. The number of hydrogen-bond acceptors (Lipinski definition) is 3. The van der Waals surface area contributed by atoms with Crippen LogP contribution in [0.2, 0.25) is 0 Å². The third kappa shape index (κ3) is 4.90. The van der Waals surface area contributed by atoms with E-state index in [9.17, 15) is 17.6 Å². The predicted molar refractivity (Wildman–Crippen MR) is 117 cm³/mol. The van der Waals surface area contributed by atoms with E-state index >= 15 is 0 Å². The summed E-state index contributed by atoms with van der Waals surface area (Å²) in [4.78, 5) is 12.7. The molecule has 0 spiro atoms. The van der Waals surface area contributed by atoms with Gasteiger partial charge in [-0.3, -0.25) is 4.79 Å². The summed E-state index contributed by atoms with van der Waals surface area (Å²) in [6, 6.07) is 7.04. The molecule has 0 heterocycles. The molecule has 7 heteroatoms. The summed E-state index contributed by atoms with van der Waals surface area (Å²) < 4.78 is 42.9. The molecule has 0 aromatic heterocycles. The maximum atomic E-state index is 14.4. The van der Waals surface area contributed by atoms with E-state index in [4.69, 9.17) is 0 Å². The third-order valence-corrected chi connectivity index (χ3v) is 7.31. The highest BCUT2D eigenvalue weighted by atomic mass is 32.2. The Morgan fingerprint density at radius 1 is 1.03 bits per heavy atom. The number of carbonyl (C=O) groups is 1. The summed E-state index contributed by atoms with van der Waals surface area (Å²) in [6.07, 6.45) is 3.82. The highest BCUT2D eigenvalue weighted by molar-refractivity contribution is 7.89. The molecule has 3 rings (SSSR count). The van der Waals surface area contributed by atoms with Gasteiger partial charge in [0.1, 0.15) is 5.82 Å². The van der Waals surface area contributed by atoms with E-state index in [0.717, 1.165) is 54.5 Å². The standard InChI is InChI=1S/C23H29FN2O3S/c1-14-11-16(3)22(17(4)12-14)25-23(27)19-13-18(9-10-20(19)24)30(28,29)26-21-8-6-5-7-15(21)2/h9-13,15,21,26H,5-8H2,1-4H3,(H,25,27)/t15-,21+/m0/s1. The topological polar surface area (TPSA) is 75.3 Å². The number of nitrogens with one attached hydrogen (secondary N) is 2. The van der Waals surface area contributed by atoms with Gasteiger partial charge in [0.2, 0.25) is 10.0 Å². The Kier molecular flexibility index (Phi) is 6.62. The molecule has 2 N–H and O–H groups in total. The van der Waals surface area contributed by atoms with Crippen molar-refractivity contribution in [3.05, 3.63) is 58.4 Å². The Balaban J connectivity index is 1.87. The van der Waals surface area contributed by atoms with Gasteiger partial charge in [-0.05, 0) is 68.9 Å². The molecule has 30 heavy (non-hydrogen) atoms. The highest BCUT2D eigenvalue weighted by Crippen LogP contribution is 2.27. The van der Waals surface area contributed by atoms with Crippen LogP contribution in [0.4, 0.5) is 10.1 Å². The first kappa shape index (κ1) is 22.4. The molecule has 1 saturated carbocycles. The maximum Gasteiger partial charge on any atom is 0.258 e. The van der Waals surface area contributed by atoms with Crippen LogP contribution in [0.25, 0.3) is 0 Å². The number of carbonyl (C=O) groups excluding carboxylic acids is 1. The van der Waals surface area contributed by atoms with E-state index in [-0.39, 0.29) is 22.4 Å². The molecule has 1 fully saturated rings. The van der Waals surface area contributed by atoms with Gasteiger partial charge in [-0.1, -0.05) is 37.5 Å². The van der Waals surface area contributed by atoms with E-state index in [1.165, 1.54) is 6.07 Å². The molecule has 162 valence electrons. The molecular weight excluding hydrogens is 403 g/mol. The van der Waals surface area contributed by atoms with Crippen LogP contribution in [0.5, 0.6) is 0 Å². The first-order valence-corrected chi connectivity index (χ1v) is 11.8. The van der Waals surface area contributed by atoms with Gasteiger partial charge < -0.3 is 5.32 Å². The molecule has 0 radical (unpaired) electrons. The van der Waals surface area contributed by atoms with Gasteiger partial charge in [0.05, 0.1) is 10.5 Å². The van der Waals surface area contributed by atoms with Crippen LogP contribution in [0.3, 0.4) is 0 Å². The first-order valence-electron chi connectivity index (χ1n) is 10.3. The van der Waals surface area contributed by atoms with Gasteiger partial charge in [-0.2, -0.15) is 0 Å². The van der Waals surface area contributed by atoms with Crippen LogP contribution >= 0.6 is 0 Å². The predicted octanol–water partition coefficient (Wildman–Crippen LogP) is 4.86. The molecule has 0 aliphatic heterocycles. The third-order valence-electron chi connectivity index (χ3n) is 5.83. The van der Waals surface area contributed by atoms with Crippen LogP contribution in [0.1, 0.15) is 59.7 Å². The van der Waals surface area contributed by atoms with E-state index in [1.807, 2.05) is 39.8 Å². The molecule has 0 saturated heterocycles. The zero-order chi connectivity index (χ0) is 22.1. The second-order valence-electron chi connectivity index (χ2n) is 8.36. The summed E-state index contributed by atoms with van der Waals surface area (Å²) in [5.74, 6) is -1.20. The fourth-order valence-corrected chi connectivity index (χ4v) is 5.57. The molecule has 0 unspecified atom stereocenters. The molecule has 2 aromatic carbocycles. The van der Waals surface area contributed by atoms with Crippen LogP contribution in [-0.4, -0.2) is 20.4 Å². The van der Waals surface area contributed by atoms with Crippen LogP contribution in [-0.2, 0) is 10.0 Å². The number of benzene rings is 2. The Bertz CT molecular complexity index is 1040. The number of anilines is 1. The number of amides is 1. The number of sulfonamides is 1. The Hall–Kier alpha value is -2.25. The summed E-state index contributed by atoms with van der Waals surface area (Å²) in [5, 5.41) is 2.74. The number of hydrogen-bond donors (Lipinski definition) is 2. The summed E-state index contributed by atoms with van der Waals surface area (Å²) in [7, 11) is -3.86. The second kappa shape index (κ2) is 8.86. The fraction of sp³-hybridized carbons (Fsp3) is 0.435. The van der Waals surface area contributed by atoms with Gasteiger partial charge in [0.15, 0.2) is 0 Å². The largest absolute Gasteiger partial charge is 0.321 e. The van der Waals surface area contributed by atoms with E-state index in [0.29, 0.717) is 5.69 Å². The molecule has 0 bridgehead atoms. The smallest absolute Gasteiger partial charge is 0.258 e.